The molecule has 0 spiro atoms. The SMILES string of the molecule is COC(=O)c1nc(I)c(C(F)F)cc1OC. The maximum atomic E-state index is 12.5. The minimum absolute atomic E-state index is 0.0254. The van der Waals surface area contributed by atoms with Gasteiger partial charge in [-0.15, -0.1) is 0 Å². The van der Waals surface area contributed by atoms with Gasteiger partial charge in [-0.3, -0.25) is 0 Å². The molecule has 0 atom stereocenters. The van der Waals surface area contributed by atoms with Gasteiger partial charge in [0.2, 0.25) is 0 Å². The second-order valence-electron chi connectivity index (χ2n) is 2.71. The normalized spacial score (nSPS) is 10.4. The second-order valence-corrected chi connectivity index (χ2v) is 3.73. The van der Waals surface area contributed by atoms with E-state index in [1.165, 1.54) is 14.2 Å². The van der Waals surface area contributed by atoms with E-state index < -0.39 is 12.4 Å². The third-order valence-electron chi connectivity index (χ3n) is 1.80. The predicted octanol–water partition coefficient (Wildman–Crippen LogP) is 2.42. The van der Waals surface area contributed by atoms with Crippen molar-refractivity contribution in [1.82, 2.24) is 4.98 Å². The minimum Gasteiger partial charge on any atom is -0.494 e. The molecule has 0 unspecified atom stereocenters. The molecule has 0 aliphatic carbocycles. The zero-order valence-corrected chi connectivity index (χ0v) is 10.6. The van der Waals surface area contributed by atoms with Gasteiger partial charge in [0.05, 0.1) is 19.8 Å². The first-order valence-corrected chi connectivity index (χ1v) is 5.20. The summed E-state index contributed by atoms with van der Waals surface area (Å²) in [5.74, 6) is -0.752. The summed E-state index contributed by atoms with van der Waals surface area (Å²) < 4.78 is 34.4. The molecule has 0 aliphatic heterocycles. The lowest BCUT2D eigenvalue weighted by molar-refractivity contribution is 0.0589. The second kappa shape index (κ2) is 5.37. The highest BCUT2D eigenvalue weighted by molar-refractivity contribution is 14.1. The highest BCUT2D eigenvalue weighted by Crippen LogP contribution is 2.29. The number of ether oxygens (including phenoxy) is 2. The van der Waals surface area contributed by atoms with E-state index in [0.717, 1.165) is 6.07 Å². The molecule has 0 amide bonds. The van der Waals surface area contributed by atoms with Crippen molar-refractivity contribution in [3.8, 4) is 5.75 Å². The summed E-state index contributed by atoms with van der Waals surface area (Å²) in [7, 11) is 2.45. The Hall–Kier alpha value is -0.990. The number of pyridine rings is 1. The van der Waals surface area contributed by atoms with Crippen molar-refractivity contribution in [2.45, 2.75) is 6.43 Å². The van der Waals surface area contributed by atoms with Crippen molar-refractivity contribution in [1.29, 1.82) is 0 Å². The van der Waals surface area contributed by atoms with Gasteiger partial charge in [-0.05, 0) is 28.7 Å². The Morgan fingerprint density at radius 3 is 2.56 bits per heavy atom. The Balaban J connectivity index is 3.32. The van der Waals surface area contributed by atoms with Crippen molar-refractivity contribution in [3.63, 3.8) is 0 Å². The number of methoxy groups -OCH3 is 2. The fourth-order valence-corrected chi connectivity index (χ4v) is 1.67. The predicted molar refractivity (Wildman–Crippen MR) is 59.8 cm³/mol. The van der Waals surface area contributed by atoms with Crippen molar-refractivity contribution in [3.05, 3.63) is 21.0 Å². The van der Waals surface area contributed by atoms with Crippen LogP contribution in [-0.4, -0.2) is 25.2 Å². The average Bonchev–Trinajstić information content (AvgIpc) is 2.27. The van der Waals surface area contributed by atoms with Crippen molar-refractivity contribution in [2.24, 2.45) is 0 Å². The van der Waals surface area contributed by atoms with E-state index in [-0.39, 0.29) is 20.7 Å². The summed E-state index contributed by atoms with van der Waals surface area (Å²) in [6, 6.07) is 1.09. The number of hydrogen-bond donors (Lipinski definition) is 0. The van der Waals surface area contributed by atoms with Crippen molar-refractivity contribution < 1.29 is 23.0 Å². The monoisotopic (exact) mass is 343 g/mol. The third kappa shape index (κ3) is 2.57. The van der Waals surface area contributed by atoms with Crippen LogP contribution in [0.1, 0.15) is 22.5 Å². The van der Waals surface area contributed by atoms with Crippen LogP contribution in [-0.2, 0) is 4.74 Å². The highest BCUT2D eigenvalue weighted by Gasteiger charge is 2.21. The Kier molecular flexibility index (Phi) is 4.39. The zero-order chi connectivity index (χ0) is 12.3. The molecular formula is C9H8F2INO3. The number of hydrogen-bond acceptors (Lipinski definition) is 4. The topological polar surface area (TPSA) is 48.4 Å². The number of alkyl halides is 2. The Bertz CT molecular complexity index is 412. The zero-order valence-electron chi connectivity index (χ0n) is 8.46. The van der Waals surface area contributed by atoms with Crippen LogP contribution in [0.2, 0.25) is 0 Å². The Morgan fingerprint density at radius 2 is 2.12 bits per heavy atom. The van der Waals surface area contributed by atoms with E-state index in [9.17, 15) is 13.6 Å². The van der Waals surface area contributed by atoms with Gasteiger partial charge in [0.15, 0.2) is 11.4 Å². The number of esters is 1. The van der Waals surface area contributed by atoms with E-state index in [2.05, 4.69) is 9.72 Å². The molecule has 16 heavy (non-hydrogen) atoms. The van der Waals surface area contributed by atoms with Crippen LogP contribution < -0.4 is 4.74 Å². The van der Waals surface area contributed by atoms with Crippen molar-refractivity contribution >= 4 is 28.6 Å². The van der Waals surface area contributed by atoms with Gasteiger partial charge in [0.1, 0.15) is 3.70 Å². The molecule has 0 fully saturated rings. The highest BCUT2D eigenvalue weighted by atomic mass is 127. The van der Waals surface area contributed by atoms with Gasteiger partial charge < -0.3 is 9.47 Å². The minimum atomic E-state index is -2.67. The molecule has 0 aromatic carbocycles. The molecular weight excluding hydrogens is 335 g/mol. The quantitative estimate of drug-likeness (QED) is 0.481. The lowest BCUT2D eigenvalue weighted by Crippen LogP contribution is -2.09. The largest absolute Gasteiger partial charge is 0.494 e. The summed E-state index contributed by atoms with van der Waals surface area (Å²) in [5, 5.41) is 0. The van der Waals surface area contributed by atoms with E-state index in [0.29, 0.717) is 0 Å². The molecule has 0 saturated carbocycles. The molecule has 0 N–H and O–H groups in total. The summed E-state index contributed by atoms with van der Waals surface area (Å²) in [5.41, 5.74) is -0.385. The van der Waals surface area contributed by atoms with Gasteiger partial charge in [-0.2, -0.15) is 0 Å². The molecule has 1 aromatic rings. The number of rotatable bonds is 3. The Labute approximate surface area is 104 Å². The summed E-state index contributed by atoms with van der Waals surface area (Å²) in [6.45, 7) is 0. The molecule has 4 nitrogen and oxygen atoms in total. The van der Waals surface area contributed by atoms with Crippen molar-refractivity contribution in [2.75, 3.05) is 14.2 Å². The van der Waals surface area contributed by atoms with Gasteiger partial charge >= 0.3 is 5.97 Å². The number of halogens is 3. The first-order valence-electron chi connectivity index (χ1n) is 4.12. The molecule has 7 heteroatoms. The van der Waals surface area contributed by atoms with Gasteiger partial charge in [-0.1, -0.05) is 0 Å². The number of carbonyl (C=O) groups is 1. The molecule has 1 rings (SSSR count). The van der Waals surface area contributed by atoms with E-state index in [4.69, 9.17) is 4.74 Å². The molecule has 0 aliphatic rings. The van der Waals surface area contributed by atoms with E-state index in [1.54, 1.807) is 22.6 Å². The number of nitrogens with zero attached hydrogens (tertiary/aromatic N) is 1. The van der Waals surface area contributed by atoms with Crippen LogP contribution in [0.15, 0.2) is 6.07 Å². The third-order valence-corrected chi connectivity index (χ3v) is 2.67. The standard InChI is InChI=1S/C9H8F2INO3/c1-15-5-3-4(7(10)11)8(12)13-6(5)9(14)16-2/h3,7H,1-2H3. The molecule has 0 bridgehead atoms. The van der Waals surface area contributed by atoms with Gasteiger partial charge in [0.25, 0.3) is 6.43 Å². The first-order chi connectivity index (χ1) is 7.51. The van der Waals surface area contributed by atoms with Crippen LogP contribution in [0, 0.1) is 3.70 Å². The van der Waals surface area contributed by atoms with Crippen LogP contribution in [0.25, 0.3) is 0 Å². The number of aromatic nitrogens is 1. The lowest BCUT2D eigenvalue weighted by Gasteiger charge is -2.09. The van der Waals surface area contributed by atoms with Crippen LogP contribution >= 0.6 is 22.6 Å². The van der Waals surface area contributed by atoms with E-state index >= 15 is 0 Å². The Morgan fingerprint density at radius 1 is 1.50 bits per heavy atom. The average molecular weight is 343 g/mol. The van der Waals surface area contributed by atoms with Crippen LogP contribution in [0.4, 0.5) is 8.78 Å². The summed E-state index contributed by atoms with van der Waals surface area (Å²) >= 11 is 1.63. The molecule has 0 saturated heterocycles. The molecule has 1 heterocycles. The summed E-state index contributed by atoms with van der Waals surface area (Å²) in [6.07, 6.45) is -2.67. The van der Waals surface area contributed by atoms with Crippen LogP contribution in [0.5, 0.6) is 5.75 Å². The molecule has 1 aromatic heterocycles. The summed E-state index contributed by atoms with van der Waals surface area (Å²) in [4.78, 5) is 15.0. The molecule has 0 radical (unpaired) electrons. The number of carbonyl (C=O) groups excluding carboxylic acids is 1. The van der Waals surface area contributed by atoms with Gasteiger partial charge in [0, 0.05) is 0 Å². The smallest absolute Gasteiger partial charge is 0.360 e. The molecule has 88 valence electrons. The van der Waals surface area contributed by atoms with Gasteiger partial charge in [-0.25, -0.2) is 18.6 Å². The first kappa shape index (κ1) is 13.1. The fraction of sp³-hybridized carbons (Fsp3) is 0.333. The maximum Gasteiger partial charge on any atom is 0.360 e. The fourth-order valence-electron chi connectivity index (χ4n) is 1.04. The maximum absolute atomic E-state index is 12.5. The van der Waals surface area contributed by atoms with Crippen LogP contribution in [0.3, 0.4) is 0 Å². The lowest BCUT2D eigenvalue weighted by atomic mass is 10.2. The van der Waals surface area contributed by atoms with E-state index in [1.807, 2.05) is 0 Å².